The Kier molecular flexibility index (Phi) is 9.72. The van der Waals surface area contributed by atoms with Crippen LogP contribution < -0.4 is 20.7 Å². The highest BCUT2D eigenvalue weighted by molar-refractivity contribution is 7.91. The maximum absolute atomic E-state index is 14.4. The van der Waals surface area contributed by atoms with Gasteiger partial charge in [-0.15, -0.1) is 6.58 Å². The van der Waals surface area contributed by atoms with Gasteiger partial charge in [0, 0.05) is 32.1 Å². The highest BCUT2D eigenvalue weighted by Crippen LogP contribution is 2.65. The lowest BCUT2D eigenvalue weighted by Gasteiger charge is -2.39. The van der Waals surface area contributed by atoms with Gasteiger partial charge in [0.25, 0.3) is 5.91 Å². The van der Waals surface area contributed by atoms with Gasteiger partial charge >= 0.3 is 6.03 Å². The van der Waals surface area contributed by atoms with Crippen molar-refractivity contribution in [3.05, 3.63) is 12.7 Å². The second-order valence-electron chi connectivity index (χ2n) is 17.0. The Hall–Kier alpha value is -2.72. The second-order valence-corrected chi connectivity index (χ2v) is 21.0. The van der Waals surface area contributed by atoms with Crippen LogP contribution in [-0.4, -0.2) is 105 Å². The molecule has 4 fully saturated rings. The van der Waals surface area contributed by atoms with E-state index in [9.17, 15) is 36.0 Å². The van der Waals surface area contributed by atoms with E-state index in [1.807, 2.05) is 34.6 Å². The number of hydrogen-bond acceptors (Lipinski definition) is 8. The van der Waals surface area contributed by atoms with Crippen molar-refractivity contribution in [2.45, 2.75) is 104 Å². The normalized spacial score (nSPS) is 29.3. The second kappa shape index (κ2) is 12.3. The third-order valence-electron chi connectivity index (χ3n) is 10.8. The molecule has 0 aromatic rings. The smallest absolute Gasteiger partial charge is 0.315 e. The van der Waals surface area contributed by atoms with Crippen LogP contribution in [0.1, 0.15) is 74.7 Å². The molecule has 0 aromatic carbocycles. The number of amides is 5. The van der Waals surface area contributed by atoms with E-state index in [-0.39, 0.29) is 36.8 Å². The number of nitrogens with zero attached hydrogens (tertiary/aromatic N) is 2. The third kappa shape index (κ3) is 7.54. The highest BCUT2D eigenvalue weighted by atomic mass is 32.2. The fourth-order valence-corrected chi connectivity index (χ4v) is 8.68. The summed E-state index contributed by atoms with van der Waals surface area (Å²) in [5.74, 6) is -2.50. The molecule has 0 aromatic heterocycles. The minimum atomic E-state index is -3.86. The lowest BCUT2D eigenvalue weighted by atomic mass is 9.85. The first kappa shape index (κ1) is 38.1. The first-order valence-electron chi connectivity index (χ1n) is 16.5. The molecule has 16 heteroatoms. The summed E-state index contributed by atoms with van der Waals surface area (Å²) in [6.07, 6.45) is 3.73. The minimum absolute atomic E-state index is 0.0119. The van der Waals surface area contributed by atoms with E-state index in [1.165, 1.54) is 18.0 Å². The third-order valence-corrected chi connectivity index (χ3v) is 13.9. The molecule has 3 aliphatic carbocycles. The Morgan fingerprint density at radius 1 is 1.00 bits per heavy atom. The summed E-state index contributed by atoms with van der Waals surface area (Å²) in [6, 6.07) is -3.28. The maximum Gasteiger partial charge on any atom is 0.315 e. The number of sulfonamides is 2. The van der Waals surface area contributed by atoms with Crippen LogP contribution in [0.15, 0.2) is 12.7 Å². The van der Waals surface area contributed by atoms with Crippen LogP contribution in [0.3, 0.4) is 0 Å². The van der Waals surface area contributed by atoms with Gasteiger partial charge in [-0.3, -0.25) is 19.1 Å². The molecule has 272 valence electrons. The molecule has 5 amide bonds. The SMILES string of the molecule is C=CC1C[C@]1(NC(=O)[C@@H]1[C@@H]2C(CN1C(=O)[C@@H](NC(=O)N[C@H](CN(C)S(C)(=O)=O)C(C)(C)C)C(C)(C)C)C2(C)C)C(=O)NS(=O)(=O)C1CC1. The predicted octanol–water partition coefficient (Wildman–Crippen LogP) is 1.16. The molecule has 2 unspecified atom stereocenters. The van der Waals surface area contributed by atoms with Gasteiger partial charge in [0.05, 0.1) is 11.5 Å². The number of carbonyl (C=O) groups excluding carboxylic acids is 4. The molecule has 0 spiro atoms. The van der Waals surface area contributed by atoms with Gasteiger partial charge in [0.2, 0.25) is 31.9 Å². The number of piperidine rings is 1. The van der Waals surface area contributed by atoms with Crippen molar-refractivity contribution in [2.24, 2.45) is 34.0 Å². The Labute approximate surface area is 285 Å². The number of fused-ring (bicyclic) bond motifs is 1. The quantitative estimate of drug-likeness (QED) is 0.217. The van der Waals surface area contributed by atoms with Crippen LogP contribution in [0.2, 0.25) is 0 Å². The average Bonchev–Trinajstić information content (AvgIpc) is 3.87. The number of hydrogen-bond donors (Lipinski definition) is 4. The summed E-state index contributed by atoms with van der Waals surface area (Å²) in [5, 5.41) is 7.88. The van der Waals surface area contributed by atoms with E-state index in [1.54, 1.807) is 20.8 Å². The highest BCUT2D eigenvalue weighted by Gasteiger charge is 2.71. The largest absolute Gasteiger partial charge is 0.339 e. The van der Waals surface area contributed by atoms with Crippen molar-refractivity contribution in [1.29, 1.82) is 0 Å². The first-order chi connectivity index (χ1) is 21.7. The van der Waals surface area contributed by atoms with Crippen molar-refractivity contribution in [2.75, 3.05) is 26.4 Å². The number of nitrogens with one attached hydrogen (secondary N) is 4. The zero-order valence-electron chi connectivity index (χ0n) is 29.8. The Morgan fingerprint density at radius 2 is 1.58 bits per heavy atom. The molecule has 7 atom stereocenters. The minimum Gasteiger partial charge on any atom is -0.339 e. The molecule has 1 saturated heterocycles. The van der Waals surface area contributed by atoms with Gasteiger partial charge in [-0.25, -0.2) is 25.9 Å². The van der Waals surface area contributed by atoms with Gasteiger partial charge in [-0.2, -0.15) is 0 Å². The molecule has 4 aliphatic rings. The number of likely N-dealkylation sites (tertiary alicyclic amines) is 1. The fraction of sp³-hybridized carbons (Fsp3) is 0.812. The van der Waals surface area contributed by atoms with Crippen molar-refractivity contribution in [3.8, 4) is 0 Å². The van der Waals surface area contributed by atoms with Gasteiger partial charge < -0.3 is 20.9 Å². The van der Waals surface area contributed by atoms with E-state index in [4.69, 9.17) is 0 Å². The summed E-state index contributed by atoms with van der Waals surface area (Å²) in [4.78, 5) is 56.8. The zero-order chi connectivity index (χ0) is 36.6. The molecule has 1 aliphatic heterocycles. The summed E-state index contributed by atoms with van der Waals surface area (Å²) in [5.41, 5.74) is -3.07. The van der Waals surface area contributed by atoms with Gasteiger partial charge in [-0.05, 0) is 47.3 Å². The molecule has 4 rings (SSSR count). The van der Waals surface area contributed by atoms with E-state index in [2.05, 4.69) is 27.3 Å². The van der Waals surface area contributed by atoms with Crippen molar-refractivity contribution >= 4 is 43.8 Å². The van der Waals surface area contributed by atoms with Crippen LogP contribution in [0.5, 0.6) is 0 Å². The number of carbonyl (C=O) groups is 4. The van der Waals surface area contributed by atoms with Crippen molar-refractivity contribution in [1.82, 2.24) is 29.9 Å². The topological polar surface area (TPSA) is 191 Å². The zero-order valence-corrected chi connectivity index (χ0v) is 31.5. The van der Waals surface area contributed by atoms with Crippen LogP contribution in [-0.2, 0) is 34.4 Å². The van der Waals surface area contributed by atoms with E-state index >= 15 is 0 Å². The van der Waals surface area contributed by atoms with Crippen molar-refractivity contribution in [3.63, 3.8) is 0 Å². The summed E-state index contributed by atoms with van der Waals surface area (Å²) < 4.78 is 52.7. The van der Waals surface area contributed by atoms with Gasteiger partial charge in [0.15, 0.2) is 0 Å². The van der Waals surface area contributed by atoms with Crippen LogP contribution >= 0.6 is 0 Å². The Morgan fingerprint density at radius 3 is 2.04 bits per heavy atom. The monoisotopic (exact) mass is 714 g/mol. The summed E-state index contributed by atoms with van der Waals surface area (Å²) >= 11 is 0. The molecule has 1 heterocycles. The lowest BCUT2D eigenvalue weighted by molar-refractivity contribution is -0.144. The van der Waals surface area contributed by atoms with Gasteiger partial charge in [-0.1, -0.05) is 61.5 Å². The Balaban J connectivity index is 1.55. The summed E-state index contributed by atoms with van der Waals surface area (Å²) in [6.45, 7) is 19.1. The molecule has 0 radical (unpaired) electrons. The molecular weight excluding hydrogens is 661 g/mol. The predicted molar refractivity (Wildman–Crippen MR) is 181 cm³/mol. The Bertz CT molecular complexity index is 1580. The average molecular weight is 715 g/mol. The standard InChI is InChI=1S/C32H54N6O8S2/c1-12-18-15-32(18,27(41)36-48(45,46)19-13-14-19)35-25(39)23-22-20(31(22,8)9)16-38(23)26(40)24(30(5,6)7)34-28(42)33-21(29(2,3)4)17-37(10)47(11,43)44/h12,18-24H,1,13-17H2,2-11H3,(H,35,39)(H,36,41)(H2,33,34,42)/t18?,20?,21-,22+,23+,24-,32-/m1/s1. The van der Waals surface area contributed by atoms with Crippen LogP contribution in [0, 0.1) is 34.0 Å². The van der Waals surface area contributed by atoms with E-state index in [0.29, 0.717) is 12.8 Å². The fourth-order valence-electron chi connectivity index (χ4n) is 6.90. The number of urea groups is 1. The molecular formula is C32H54N6O8S2. The van der Waals surface area contributed by atoms with Gasteiger partial charge in [0.1, 0.15) is 17.6 Å². The molecule has 0 bridgehead atoms. The van der Waals surface area contributed by atoms with Crippen LogP contribution in [0.25, 0.3) is 0 Å². The van der Waals surface area contributed by atoms with Crippen molar-refractivity contribution < 1.29 is 36.0 Å². The first-order valence-corrected chi connectivity index (χ1v) is 19.9. The van der Waals surface area contributed by atoms with E-state index < -0.39 is 89.5 Å². The number of rotatable bonds is 12. The molecule has 3 saturated carbocycles. The molecule has 14 nitrogen and oxygen atoms in total. The lowest BCUT2D eigenvalue weighted by Crippen LogP contribution is -2.63. The molecule has 4 N–H and O–H groups in total. The summed E-state index contributed by atoms with van der Waals surface area (Å²) in [7, 11) is -5.95. The van der Waals surface area contributed by atoms with Crippen LogP contribution in [0.4, 0.5) is 4.79 Å². The van der Waals surface area contributed by atoms with E-state index in [0.717, 1.165) is 10.6 Å². The maximum atomic E-state index is 14.4. The molecule has 48 heavy (non-hydrogen) atoms. The number of likely N-dealkylation sites (N-methyl/N-ethyl adjacent to an activating group) is 1.